The fraction of sp³-hybridized carbons (Fsp3) is 0.714. The Morgan fingerprint density at radius 2 is 2.15 bits per heavy atom. The molecule has 20 heavy (non-hydrogen) atoms. The molecule has 1 fully saturated rings. The molecule has 1 amide bonds. The highest BCUT2D eigenvalue weighted by atomic mass is 32.1. The van der Waals surface area contributed by atoms with Crippen molar-refractivity contribution in [2.24, 2.45) is 11.8 Å². The van der Waals surface area contributed by atoms with E-state index < -0.39 is 0 Å². The molecule has 0 bridgehead atoms. The van der Waals surface area contributed by atoms with Crippen molar-refractivity contribution in [2.75, 3.05) is 37.8 Å². The number of hydrogen-bond donors (Lipinski definition) is 1. The second-order valence-electron chi connectivity index (χ2n) is 5.79. The van der Waals surface area contributed by atoms with Crippen molar-refractivity contribution in [2.45, 2.75) is 26.7 Å². The maximum atomic E-state index is 12.4. The summed E-state index contributed by atoms with van der Waals surface area (Å²) in [6, 6.07) is 0. The zero-order valence-corrected chi connectivity index (χ0v) is 13.5. The number of nitrogen functional groups attached to an aromatic ring is 1. The standard InChI is InChI=1S/C14H24N4OS/c1-5-6-17(3)14-16-12(15)11(20-14)13(19)18(4)8-10-7-9(10)2/h9-10H,5-8,15H2,1-4H3. The van der Waals surface area contributed by atoms with Gasteiger partial charge in [-0.3, -0.25) is 4.79 Å². The number of hydrogen-bond acceptors (Lipinski definition) is 5. The van der Waals surface area contributed by atoms with E-state index in [1.165, 1.54) is 17.8 Å². The van der Waals surface area contributed by atoms with E-state index in [0.717, 1.165) is 30.6 Å². The molecule has 1 aliphatic rings. The number of rotatable bonds is 6. The predicted octanol–water partition coefficient (Wildman–Crippen LogP) is 2.30. The van der Waals surface area contributed by atoms with E-state index in [1.807, 2.05) is 19.0 Å². The summed E-state index contributed by atoms with van der Waals surface area (Å²) in [4.78, 5) is 21.1. The topological polar surface area (TPSA) is 62.5 Å². The summed E-state index contributed by atoms with van der Waals surface area (Å²) in [6.45, 7) is 6.07. The van der Waals surface area contributed by atoms with Crippen molar-refractivity contribution in [1.29, 1.82) is 0 Å². The maximum absolute atomic E-state index is 12.4. The van der Waals surface area contributed by atoms with E-state index in [1.54, 1.807) is 4.90 Å². The summed E-state index contributed by atoms with van der Waals surface area (Å²) in [5.41, 5.74) is 5.91. The number of carbonyl (C=O) groups excluding carboxylic acids is 1. The van der Waals surface area contributed by atoms with Crippen LogP contribution in [0.3, 0.4) is 0 Å². The third kappa shape index (κ3) is 3.23. The van der Waals surface area contributed by atoms with Crippen LogP contribution in [0.5, 0.6) is 0 Å². The molecule has 2 N–H and O–H groups in total. The van der Waals surface area contributed by atoms with Crippen LogP contribution in [0.1, 0.15) is 36.4 Å². The molecule has 1 heterocycles. The Balaban J connectivity index is 2.05. The van der Waals surface area contributed by atoms with Crippen LogP contribution < -0.4 is 10.6 Å². The zero-order chi connectivity index (χ0) is 14.9. The average Bonchev–Trinajstić information content (AvgIpc) is 2.94. The number of nitrogens with two attached hydrogens (primary N) is 1. The lowest BCUT2D eigenvalue weighted by atomic mass is 10.3. The van der Waals surface area contributed by atoms with Crippen LogP contribution in [0.15, 0.2) is 0 Å². The van der Waals surface area contributed by atoms with Crippen LogP contribution in [-0.4, -0.2) is 43.0 Å². The van der Waals surface area contributed by atoms with E-state index in [2.05, 4.69) is 18.8 Å². The predicted molar refractivity (Wildman–Crippen MR) is 84.3 cm³/mol. The molecule has 0 spiro atoms. The van der Waals surface area contributed by atoms with Gasteiger partial charge in [0, 0.05) is 27.2 Å². The molecule has 0 radical (unpaired) electrons. The van der Waals surface area contributed by atoms with Crippen LogP contribution in [0.2, 0.25) is 0 Å². The fourth-order valence-electron chi connectivity index (χ4n) is 2.33. The second-order valence-corrected chi connectivity index (χ2v) is 6.77. The minimum absolute atomic E-state index is 0.00440. The molecule has 1 saturated carbocycles. The monoisotopic (exact) mass is 296 g/mol. The number of carbonyl (C=O) groups is 1. The molecule has 1 aliphatic carbocycles. The minimum Gasteiger partial charge on any atom is -0.382 e. The van der Waals surface area contributed by atoms with E-state index >= 15 is 0 Å². The van der Waals surface area contributed by atoms with Crippen molar-refractivity contribution in [1.82, 2.24) is 9.88 Å². The maximum Gasteiger partial charge on any atom is 0.267 e. The molecule has 6 heteroatoms. The molecular weight excluding hydrogens is 272 g/mol. The van der Waals surface area contributed by atoms with Gasteiger partial charge in [-0.2, -0.15) is 0 Å². The minimum atomic E-state index is -0.00440. The highest BCUT2D eigenvalue weighted by molar-refractivity contribution is 7.18. The summed E-state index contributed by atoms with van der Waals surface area (Å²) in [6.07, 6.45) is 2.26. The van der Waals surface area contributed by atoms with Crippen LogP contribution in [-0.2, 0) is 0 Å². The Labute approximate surface area is 124 Å². The van der Waals surface area contributed by atoms with Crippen LogP contribution in [0.4, 0.5) is 10.9 Å². The number of aromatic nitrogens is 1. The molecule has 2 rings (SSSR count). The van der Waals surface area contributed by atoms with Gasteiger partial charge in [0.2, 0.25) is 0 Å². The molecule has 5 nitrogen and oxygen atoms in total. The first kappa shape index (κ1) is 15.1. The van der Waals surface area contributed by atoms with Crippen molar-refractivity contribution >= 4 is 28.2 Å². The second kappa shape index (κ2) is 5.99. The number of anilines is 2. The lowest BCUT2D eigenvalue weighted by molar-refractivity contribution is 0.0792. The van der Waals surface area contributed by atoms with E-state index in [-0.39, 0.29) is 5.91 Å². The van der Waals surface area contributed by atoms with Gasteiger partial charge in [0.1, 0.15) is 10.7 Å². The molecular formula is C14H24N4OS. The van der Waals surface area contributed by atoms with Crippen LogP contribution in [0.25, 0.3) is 0 Å². The van der Waals surface area contributed by atoms with Gasteiger partial charge in [0.05, 0.1) is 0 Å². The Kier molecular flexibility index (Phi) is 4.52. The SMILES string of the molecule is CCCN(C)c1nc(N)c(C(=O)N(C)CC2CC2C)s1. The van der Waals surface area contributed by atoms with E-state index in [4.69, 9.17) is 5.73 Å². The van der Waals surface area contributed by atoms with E-state index in [9.17, 15) is 4.79 Å². The Morgan fingerprint density at radius 3 is 2.70 bits per heavy atom. The van der Waals surface area contributed by atoms with Gasteiger partial charge in [0.15, 0.2) is 5.13 Å². The van der Waals surface area contributed by atoms with Crippen molar-refractivity contribution in [3.63, 3.8) is 0 Å². The third-order valence-electron chi connectivity index (χ3n) is 3.85. The summed E-state index contributed by atoms with van der Waals surface area (Å²) >= 11 is 1.39. The molecule has 0 aliphatic heterocycles. The summed E-state index contributed by atoms with van der Waals surface area (Å²) < 4.78 is 0. The lowest BCUT2D eigenvalue weighted by Crippen LogP contribution is -2.29. The summed E-state index contributed by atoms with van der Waals surface area (Å²) in [5.74, 6) is 1.75. The van der Waals surface area contributed by atoms with Crippen LogP contribution >= 0.6 is 11.3 Å². The van der Waals surface area contributed by atoms with Gasteiger partial charge in [-0.25, -0.2) is 4.98 Å². The van der Waals surface area contributed by atoms with E-state index in [0.29, 0.717) is 16.6 Å². The highest BCUT2D eigenvalue weighted by Gasteiger charge is 2.35. The van der Waals surface area contributed by atoms with Crippen LogP contribution in [0, 0.1) is 11.8 Å². The van der Waals surface area contributed by atoms with Crippen molar-refractivity contribution < 1.29 is 4.79 Å². The van der Waals surface area contributed by atoms with Gasteiger partial charge < -0.3 is 15.5 Å². The normalized spacial score (nSPS) is 20.8. The summed E-state index contributed by atoms with van der Waals surface area (Å²) in [7, 11) is 3.83. The molecule has 2 atom stereocenters. The zero-order valence-electron chi connectivity index (χ0n) is 12.7. The summed E-state index contributed by atoms with van der Waals surface area (Å²) in [5, 5.41) is 0.820. The number of thiazole rings is 1. The van der Waals surface area contributed by atoms with Gasteiger partial charge in [-0.05, 0) is 24.7 Å². The fourth-order valence-corrected chi connectivity index (χ4v) is 3.30. The third-order valence-corrected chi connectivity index (χ3v) is 5.03. The molecule has 112 valence electrons. The molecule has 2 unspecified atom stereocenters. The molecule has 0 saturated heterocycles. The average molecular weight is 296 g/mol. The Morgan fingerprint density at radius 1 is 1.50 bits per heavy atom. The number of nitrogens with zero attached hydrogens (tertiary/aromatic N) is 3. The number of amides is 1. The lowest BCUT2D eigenvalue weighted by Gasteiger charge is -2.16. The van der Waals surface area contributed by atoms with Gasteiger partial charge in [-0.15, -0.1) is 0 Å². The van der Waals surface area contributed by atoms with Gasteiger partial charge in [0.25, 0.3) is 5.91 Å². The van der Waals surface area contributed by atoms with Crippen molar-refractivity contribution in [3.8, 4) is 0 Å². The Bertz CT molecular complexity index is 488. The molecule has 1 aromatic heterocycles. The Hall–Kier alpha value is -1.30. The molecule has 0 aromatic carbocycles. The highest BCUT2D eigenvalue weighted by Crippen LogP contribution is 2.38. The first-order valence-corrected chi connectivity index (χ1v) is 7.98. The molecule has 1 aromatic rings. The first-order valence-electron chi connectivity index (χ1n) is 7.16. The van der Waals surface area contributed by atoms with Gasteiger partial charge >= 0.3 is 0 Å². The first-order chi connectivity index (χ1) is 9.43. The quantitative estimate of drug-likeness (QED) is 0.875. The largest absolute Gasteiger partial charge is 0.382 e. The van der Waals surface area contributed by atoms with Crippen molar-refractivity contribution in [3.05, 3.63) is 4.88 Å². The van der Waals surface area contributed by atoms with Gasteiger partial charge in [-0.1, -0.05) is 25.2 Å². The smallest absolute Gasteiger partial charge is 0.267 e.